The van der Waals surface area contributed by atoms with Crippen LogP contribution in [0.2, 0.25) is 0 Å². The number of carbonyl (C=O) groups is 4. The molecule has 6 nitrogen and oxygen atoms in total. The Morgan fingerprint density at radius 2 is 0.667 bits per heavy atom. The summed E-state index contributed by atoms with van der Waals surface area (Å²) in [7, 11) is 0. The first-order valence-electron chi connectivity index (χ1n) is 27.9. The largest absolute Gasteiger partial charge is 0.268 e. The van der Waals surface area contributed by atoms with Crippen LogP contribution in [0.25, 0.3) is 33.0 Å². The van der Waals surface area contributed by atoms with Crippen LogP contribution in [-0.4, -0.2) is 23.6 Å². The van der Waals surface area contributed by atoms with Gasteiger partial charge in [0.05, 0.1) is 33.6 Å². The Kier molecular flexibility index (Phi) is 13.7. The molecule has 8 heteroatoms. The summed E-state index contributed by atoms with van der Waals surface area (Å²) < 4.78 is 0. The summed E-state index contributed by atoms with van der Waals surface area (Å²) >= 11 is 3.16. The highest BCUT2D eigenvalue weighted by atomic mass is 32.2. The van der Waals surface area contributed by atoms with Crippen LogP contribution in [0.3, 0.4) is 0 Å². The molecule has 2 aliphatic heterocycles. The van der Waals surface area contributed by atoms with Gasteiger partial charge in [-0.1, -0.05) is 135 Å². The van der Waals surface area contributed by atoms with E-state index in [1.165, 1.54) is 68.9 Å². The quantitative estimate of drug-likeness (QED) is 0.0896. The molecular formula is C70H66N2O4S2. The van der Waals surface area contributed by atoms with Gasteiger partial charge in [0.2, 0.25) is 0 Å². The molecule has 0 N–H and O–H groups in total. The Morgan fingerprint density at radius 3 is 1.01 bits per heavy atom. The van der Waals surface area contributed by atoms with Gasteiger partial charge in [-0.05, 0) is 205 Å². The highest BCUT2D eigenvalue weighted by Crippen LogP contribution is 2.51. The monoisotopic (exact) mass is 1060 g/mol. The molecule has 0 atom stereocenters. The summed E-state index contributed by atoms with van der Waals surface area (Å²) in [6.45, 7) is 17.0. The van der Waals surface area contributed by atoms with Gasteiger partial charge in [-0.15, -0.1) is 23.5 Å². The Bertz CT molecular complexity index is 3520. The lowest BCUT2D eigenvalue weighted by atomic mass is 9.83. The molecule has 0 saturated heterocycles. The Hall–Kier alpha value is -7.00. The standard InChI is InChI=1S/C70H66N2O4S2/c1-39-43(5)65(44(6)40(2)59(39)49-25-15-16-26-49)71-67(73)61-55(33-35-57(63(61)69(71)75)77-37-47-21-11-9-12-22-47)53-31-32-54(52-30-20-19-29-51(52)53)56-34-36-58(78-38-48-23-13-10-14-24-48)64-62(56)68(74)72(70(64)76)66-45(7)41(3)60(42(4)46(66)8)50-27-17-18-28-50/h9-14,19-24,29-36,49-50H,15-18,25-28,37-38H2,1-8H3. The minimum atomic E-state index is -0.322. The number of hydrogen-bond acceptors (Lipinski definition) is 6. The van der Waals surface area contributed by atoms with E-state index in [-0.39, 0.29) is 23.6 Å². The van der Waals surface area contributed by atoms with Crippen LogP contribution in [-0.2, 0) is 11.5 Å². The van der Waals surface area contributed by atoms with Gasteiger partial charge in [-0.2, -0.15) is 0 Å². The van der Waals surface area contributed by atoms with E-state index in [0.717, 1.165) is 90.8 Å². The Labute approximate surface area is 468 Å². The van der Waals surface area contributed by atoms with Crippen LogP contribution in [0.5, 0.6) is 0 Å². The zero-order valence-corrected chi connectivity index (χ0v) is 47.7. The maximum Gasteiger partial charge on any atom is 0.267 e. The van der Waals surface area contributed by atoms with Gasteiger partial charge < -0.3 is 0 Å². The molecule has 2 fully saturated rings. The lowest BCUT2D eigenvalue weighted by Crippen LogP contribution is -2.31. The fourth-order valence-corrected chi connectivity index (χ4v) is 16.0. The number of imide groups is 2. The number of nitrogens with zero attached hydrogens (tertiary/aromatic N) is 2. The third-order valence-electron chi connectivity index (χ3n) is 18.2. The highest BCUT2D eigenvalue weighted by molar-refractivity contribution is 7.98. The number of amides is 4. The van der Waals surface area contributed by atoms with Crippen molar-refractivity contribution in [1.82, 2.24) is 0 Å². The average Bonchev–Trinajstić information content (AvgIpc) is 4.45. The minimum Gasteiger partial charge on any atom is -0.268 e. The maximum absolute atomic E-state index is 15.6. The molecule has 0 spiro atoms. The zero-order valence-electron chi connectivity index (χ0n) is 46.1. The van der Waals surface area contributed by atoms with E-state index in [1.807, 2.05) is 84.9 Å². The van der Waals surface area contributed by atoms with Crippen LogP contribution in [0.4, 0.5) is 11.4 Å². The van der Waals surface area contributed by atoms with Crippen LogP contribution in [0.15, 0.2) is 131 Å². The van der Waals surface area contributed by atoms with E-state index in [0.29, 0.717) is 68.1 Å². The predicted octanol–water partition coefficient (Wildman–Crippen LogP) is 18.1. The van der Waals surface area contributed by atoms with Crippen molar-refractivity contribution in [1.29, 1.82) is 0 Å². The number of benzene rings is 8. The molecule has 392 valence electrons. The average molecular weight is 1060 g/mol. The molecule has 2 heterocycles. The van der Waals surface area contributed by atoms with E-state index in [1.54, 1.807) is 23.5 Å². The fraction of sp³-hybridized carbons (Fsp3) is 0.286. The summed E-state index contributed by atoms with van der Waals surface area (Å²) in [5.41, 5.74) is 19.6. The smallest absolute Gasteiger partial charge is 0.267 e. The first kappa shape index (κ1) is 51.7. The van der Waals surface area contributed by atoms with Crippen molar-refractivity contribution < 1.29 is 19.2 Å². The van der Waals surface area contributed by atoms with Crippen molar-refractivity contribution >= 4 is 69.3 Å². The Balaban J connectivity index is 1.01. The SMILES string of the molecule is Cc1c(C)c(N2C(=O)c3c(SCc4ccccc4)ccc(-c4ccc(-c5ccc(SCc6ccccc6)c6c5C(=O)N(c5c(C)c(C)c(C7CCCC7)c(C)c5C)C6=O)c5ccccc45)c3C2=O)c(C)c(C)c1C1CCCC1. The number of fused-ring (bicyclic) bond motifs is 3. The molecule has 0 radical (unpaired) electrons. The van der Waals surface area contributed by atoms with E-state index < -0.39 is 0 Å². The molecular weight excluding hydrogens is 997 g/mol. The molecule has 2 saturated carbocycles. The molecule has 12 rings (SSSR count). The van der Waals surface area contributed by atoms with Crippen molar-refractivity contribution in [3.63, 3.8) is 0 Å². The predicted molar refractivity (Wildman–Crippen MR) is 322 cm³/mol. The van der Waals surface area contributed by atoms with Gasteiger partial charge in [0.15, 0.2) is 0 Å². The van der Waals surface area contributed by atoms with Crippen molar-refractivity contribution in [3.05, 3.63) is 210 Å². The van der Waals surface area contributed by atoms with Gasteiger partial charge in [0.25, 0.3) is 23.6 Å². The molecule has 4 amide bonds. The first-order chi connectivity index (χ1) is 37.8. The summed E-state index contributed by atoms with van der Waals surface area (Å²) in [5, 5.41) is 1.73. The summed E-state index contributed by atoms with van der Waals surface area (Å²) in [6.07, 6.45) is 9.52. The Morgan fingerprint density at radius 1 is 0.359 bits per heavy atom. The van der Waals surface area contributed by atoms with Crippen LogP contribution in [0, 0.1) is 55.4 Å². The van der Waals surface area contributed by atoms with Crippen molar-refractivity contribution in [3.8, 4) is 22.3 Å². The zero-order chi connectivity index (χ0) is 54.3. The normalized spacial score (nSPS) is 15.7. The van der Waals surface area contributed by atoms with E-state index in [9.17, 15) is 0 Å². The molecule has 4 aliphatic rings. The number of anilines is 2. The van der Waals surface area contributed by atoms with Gasteiger partial charge >= 0.3 is 0 Å². The van der Waals surface area contributed by atoms with Crippen LogP contribution in [0.1, 0.15) is 171 Å². The van der Waals surface area contributed by atoms with E-state index in [4.69, 9.17) is 0 Å². The fourth-order valence-electron chi connectivity index (χ4n) is 14.0. The third-order valence-corrected chi connectivity index (χ3v) is 20.5. The highest BCUT2D eigenvalue weighted by Gasteiger charge is 2.45. The maximum atomic E-state index is 15.6. The minimum absolute atomic E-state index is 0.301. The molecule has 0 unspecified atom stereocenters. The van der Waals surface area contributed by atoms with Crippen LogP contribution >= 0.6 is 23.5 Å². The first-order valence-corrected chi connectivity index (χ1v) is 29.9. The van der Waals surface area contributed by atoms with Gasteiger partial charge in [-0.3, -0.25) is 19.2 Å². The van der Waals surface area contributed by atoms with Crippen molar-refractivity contribution in [2.45, 2.75) is 140 Å². The molecule has 78 heavy (non-hydrogen) atoms. The lowest BCUT2D eigenvalue weighted by molar-refractivity contribution is 0.0909. The second kappa shape index (κ2) is 20.7. The summed E-state index contributed by atoms with van der Waals surface area (Å²) in [5.74, 6) is 0.988. The van der Waals surface area contributed by atoms with E-state index >= 15 is 19.2 Å². The van der Waals surface area contributed by atoms with Crippen LogP contribution < -0.4 is 9.80 Å². The second-order valence-corrected chi connectivity index (χ2v) is 24.4. The number of hydrogen-bond donors (Lipinski definition) is 0. The van der Waals surface area contributed by atoms with Crippen molar-refractivity contribution in [2.75, 3.05) is 9.80 Å². The second-order valence-electron chi connectivity index (χ2n) is 22.4. The van der Waals surface area contributed by atoms with Gasteiger partial charge in [0.1, 0.15) is 0 Å². The summed E-state index contributed by atoms with van der Waals surface area (Å²) in [4.78, 5) is 66.6. The molecule has 0 bridgehead atoms. The molecule has 2 aliphatic carbocycles. The van der Waals surface area contributed by atoms with Crippen molar-refractivity contribution in [2.24, 2.45) is 0 Å². The number of carbonyl (C=O) groups excluding carboxylic acids is 4. The number of rotatable bonds is 12. The third kappa shape index (κ3) is 8.39. The molecule has 8 aromatic carbocycles. The van der Waals surface area contributed by atoms with Gasteiger partial charge in [-0.25, -0.2) is 9.80 Å². The lowest BCUT2D eigenvalue weighted by Gasteiger charge is -2.27. The van der Waals surface area contributed by atoms with Gasteiger partial charge in [0, 0.05) is 21.3 Å². The summed E-state index contributed by atoms with van der Waals surface area (Å²) in [6, 6.07) is 40.7. The molecule has 8 aromatic rings. The molecule has 0 aromatic heterocycles. The number of thioether (sulfide) groups is 2. The van der Waals surface area contributed by atoms with E-state index in [2.05, 4.69) is 91.8 Å². The topological polar surface area (TPSA) is 74.8 Å².